The fourth-order valence-electron chi connectivity index (χ4n) is 2.97. The summed E-state index contributed by atoms with van der Waals surface area (Å²) in [7, 11) is 0. The van der Waals surface area contributed by atoms with Crippen LogP contribution in [0, 0.1) is 0 Å². The van der Waals surface area contributed by atoms with Gasteiger partial charge < -0.3 is 16.0 Å². The Balaban J connectivity index is 1.54. The van der Waals surface area contributed by atoms with Gasteiger partial charge in [0.25, 0.3) is 0 Å². The van der Waals surface area contributed by atoms with Crippen molar-refractivity contribution in [3.63, 3.8) is 0 Å². The van der Waals surface area contributed by atoms with Crippen molar-refractivity contribution < 1.29 is 9.59 Å². The third-order valence-electron chi connectivity index (χ3n) is 4.16. The minimum Gasteiger partial charge on any atom is -0.353 e. The van der Waals surface area contributed by atoms with Gasteiger partial charge in [-0.25, -0.2) is 0 Å². The van der Waals surface area contributed by atoms with Crippen molar-refractivity contribution in [2.24, 2.45) is 0 Å². The van der Waals surface area contributed by atoms with Crippen LogP contribution >= 0.6 is 0 Å². The van der Waals surface area contributed by atoms with E-state index >= 15 is 0 Å². The summed E-state index contributed by atoms with van der Waals surface area (Å²) in [6.45, 7) is 0. The van der Waals surface area contributed by atoms with Crippen molar-refractivity contribution in [2.45, 2.75) is 69.1 Å². The second-order valence-corrected chi connectivity index (χ2v) is 5.77. The number of carbonyl (C=O) groups excluding carboxylic acids is 2. The molecule has 0 aromatic heterocycles. The molecule has 3 atom stereocenters. The molecule has 3 fully saturated rings. The summed E-state index contributed by atoms with van der Waals surface area (Å²) in [5.74, 6) is -0.0106. The Morgan fingerprint density at radius 1 is 1.17 bits per heavy atom. The Morgan fingerprint density at radius 2 is 1.89 bits per heavy atom. The largest absolute Gasteiger partial charge is 0.353 e. The van der Waals surface area contributed by atoms with Crippen molar-refractivity contribution >= 4 is 11.8 Å². The van der Waals surface area contributed by atoms with Gasteiger partial charge in [-0.15, -0.1) is 0 Å². The van der Waals surface area contributed by atoms with Crippen LogP contribution in [0.25, 0.3) is 0 Å². The summed E-state index contributed by atoms with van der Waals surface area (Å²) >= 11 is 0. The fraction of sp³-hybridized carbons (Fsp3) is 0.846. The van der Waals surface area contributed by atoms with Crippen LogP contribution in [0.2, 0.25) is 0 Å². The lowest BCUT2D eigenvalue weighted by molar-refractivity contribution is -0.131. The molecule has 0 radical (unpaired) electrons. The van der Waals surface area contributed by atoms with Crippen LogP contribution < -0.4 is 16.0 Å². The molecule has 0 spiro atoms. The summed E-state index contributed by atoms with van der Waals surface area (Å²) in [6, 6.07) is 0.652. The molecule has 2 aliphatic carbocycles. The van der Waals surface area contributed by atoms with Crippen molar-refractivity contribution in [3.05, 3.63) is 0 Å². The molecular weight excluding hydrogens is 230 g/mol. The highest BCUT2D eigenvalue weighted by molar-refractivity contribution is 5.89. The zero-order chi connectivity index (χ0) is 12.5. The maximum absolute atomic E-state index is 11.9. The predicted molar refractivity (Wildman–Crippen MR) is 66.9 cm³/mol. The Kier molecular flexibility index (Phi) is 3.24. The minimum atomic E-state index is -0.344. The highest BCUT2D eigenvalue weighted by Gasteiger charge is 2.37. The fourth-order valence-corrected chi connectivity index (χ4v) is 2.97. The zero-order valence-corrected chi connectivity index (χ0v) is 10.6. The van der Waals surface area contributed by atoms with E-state index in [4.69, 9.17) is 0 Å². The van der Waals surface area contributed by atoms with Crippen molar-refractivity contribution in [1.29, 1.82) is 0 Å². The van der Waals surface area contributed by atoms with Crippen LogP contribution in [0.15, 0.2) is 0 Å². The summed E-state index contributed by atoms with van der Waals surface area (Å²) < 4.78 is 0. The first-order chi connectivity index (χ1) is 8.72. The van der Waals surface area contributed by atoms with Gasteiger partial charge in [0.05, 0.1) is 12.5 Å². The first-order valence-electron chi connectivity index (χ1n) is 7.08. The zero-order valence-electron chi connectivity index (χ0n) is 10.6. The van der Waals surface area contributed by atoms with Crippen LogP contribution in [0.4, 0.5) is 0 Å². The van der Waals surface area contributed by atoms with Crippen molar-refractivity contribution in [2.75, 3.05) is 0 Å². The summed E-state index contributed by atoms with van der Waals surface area (Å²) in [5, 5.41) is 9.35. The number of hydrogen-bond acceptors (Lipinski definition) is 3. The molecule has 0 bridgehead atoms. The number of nitrogens with one attached hydrogen (secondary N) is 3. The number of carbonyl (C=O) groups is 2. The molecule has 3 rings (SSSR count). The Bertz CT molecular complexity index is 354. The first kappa shape index (κ1) is 12.0. The maximum Gasteiger partial charge on any atom is 0.237 e. The third kappa shape index (κ3) is 2.66. The molecule has 3 N–H and O–H groups in total. The van der Waals surface area contributed by atoms with Crippen LogP contribution in [-0.4, -0.2) is 36.0 Å². The van der Waals surface area contributed by atoms with Gasteiger partial charge in [-0.2, -0.15) is 0 Å². The summed E-state index contributed by atoms with van der Waals surface area (Å²) in [6.07, 6.45) is 7.00. The number of amides is 2. The van der Waals surface area contributed by atoms with E-state index < -0.39 is 0 Å². The van der Waals surface area contributed by atoms with E-state index in [9.17, 15) is 9.59 Å². The standard InChI is InChI=1S/C13H21N3O2/c17-12(14-8-5-6-8)7-11-13(18)16-10-4-2-1-3-9(10)15-11/h8-11,15H,1-7H2,(H,14,17)(H,16,18)/t9-,10+,11+/m1/s1. The molecule has 1 saturated heterocycles. The van der Waals surface area contributed by atoms with E-state index in [2.05, 4.69) is 16.0 Å². The molecule has 1 heterocycles. The molecule has 100 valence electrons. The Hall–Kier alpha value is -1.10. The second kappa shape index (κ2) is 4.88. The highest BCUT2D eigenvalue weighted by Crippen LogP contribution is 2.23. The van der Waals surface area contributed by atoms with Gasteiger partial charge >= 0.3 is 0 Å². The van der Waals surface area contributed by atoms with Crippen LogP contribution in [0.1, 0.15) is 44.9 Å². The highest BCUT2D eigenvalue weighted by atomic mass is 16.2. The molecule has 5 nitrogen and oxygen atoms in total. The molecule has 3 aliphatic rings. The maximum atomic E-state index is 11.9. The smallest absolute Gasteiger partial charge is 0.237 e. The Labute approximate surface area is 107 Å². The van der Waals surface area contributed by atoms with Crippen LogP contribution in [-0.2, 0) is 9.59 Å². The Morgan fingerprint density at radius 3 is 2.61 bits per heavy atom. The average molecular weight is 251 g/mol. The lowest BCUT2D eigenvalue weighted by Gasteiger charge is -2.40. The molecule has 5 heteroatoms. The molecule has 1 aliphatic heterocycles. The van der Waals surface area contributed by atoms with E-state index in [0.717, 1.165) is 25.7 Å². The minimum absolute atomic E-state index is 0.000547. The quantitative estimate of drug-likeness (QED) is 0.664. The van der Waals surface area contributed by atoms with Gasteiger partial charge in [0.2, 0.25) is 11.8 Å². The normalized spacial score (nSPS) is 35.6. The van der Waals surface area contributed by atoms with Gasteiger partial charge in [0.1, 0.15) is 0 Å². The van der Waals surface area contributed by atoms with Crippen molar-refractivity contribution in [1.82, 2.24) is 16.0 Å². The van der Waals surface area contributed by atoms with Crippen molar-refractivity contribution in [3.8, 4) is 0 Å². The van der Waals surface area contributed by atoms with E-state index in [1.807, 2.05) is 0 Å². The lowest BCUT2D eigenvalue weighted by atomic mass is 9.87. The summed E-state index contributed by atoms with van der Waals surface area (Å²) in [4.78, 5) is 23.7. The number of rotatable bonds is 3. The summed E-state index contributed by atoms with van der Waals surface area (Å²) in [5.41, 5.74) is 0. The SMILES string of the molecule is O=C(C[C@@H]1N[C@@H]2CCCC[C@@H]2NC1=O)NC1CC1. The third-order valence-corrected chi connectivity index (χ3v) is 4.16. The van der Waals surface area contributed by atoms with E-state index in [-0.39, 0.29) is 30.3 Å². The average Bonchev–Trinajstić information content (AvgIpc) is 3.14. The lowest BCUT2D eigenvalue weighted by Crippen LogP contribution is -2.65. The monoisotopic (exact) mass is 251 g/mol. The van der Waals surface area contributed by atoms with Crippen LogP contribution in [0.5, 0.6) is 0 Å². The molecule has 0 unspecified atom stereocenters. The van der Waals surface area contributed by atoms with Gasteiger partial charge in [0.15, 0.2) is 0 Å². The van der Waals surface area contributed by atoms with Crippen LogP contribution in [0.3, 0.4) is 0 Å². The van der Waals surface area contributed by atoms with Gasteiger partial charge in [-0.3, -0.25) is 9.59 Å². The molecule has 2 saturated carbocycles. The first-order valence-corrected chi connectivity index (χ1v) is 7.08. The number of hydrogen-bond donors (Lipinski definition) is 3. The topological polar surface area (TPSA) is 70.2 Å². The van der Waals surface area contributed by atoms with E-state index in [0.29, 0.717) is 12.1 Å². The van der Waals surface area contributed by atoms with Gasteiger partial charge in [-0.05, 0) is 25.7 Å². The molecular formula is C13H21N3O2. The van der Waals surface area contributed by atoms with E-state index in [1.54, 1.807) is 0 Å². The van der Waals surface area contributed by atoms with E-state index in [1.165, 1.54) is 12.8 Å². The molecule has 18 heavy (non-hydrogen) atoms. The molecule has 2 amide bonds. The van der Waals surface area contributed by atoms with Gasteiger partial charge in [-0.1, -0.05) is 12.8 Å². The predicted octanol–water partition coefficient (Wildman–Crippen LogP) is 0.0543. The molecule has 0 aromatic rings. The number of fused-ring (bicyclic) bond motifs is 1. The molecule has 0 aromatic carbocycles. The number of piperazine rings is 1. The van der Waals surface area contributed by atoms with Gasteiger partial charge in [0, 0.05) is 18.1 Å². The second-order valence-electron chi connectivity index (χ2n) is 5.77.